The van der Waals surface area contributed by atoms with E-state index in [2.05, 4.69) is 4.98 Å². The number of nitrogens with zero attached hydrogens (tertiary/aromatic N) is 1. The summed E-state index contributed by atoms with van der Waals surface area (Å²) in [5, 5.41) is 0. The quantitative estimate of drug-likeness (QED) is 0.727. The number of pyridine rings is 1. The maximum Gasteiger partial charge on any atom is 0.123 e. The van der Waals surface area contributed by atoms with Crippen molar-refractivity contribution >= 4 is 0 Å². The van der Waals surface area contributed by atoms with Crippen molar-refractivity contribution in [3.63, 3.8) is 0 Å². The molecule has 1 heterocycles. The summed E-state index contributed by atoms with van der Waals surface area (Å²) in [7, 11) is 0. The molecule has 0 aliphatic rings. The molecule has 0 aliphatic carbocycles. The summed E-state index contributed by atoms with van der Waals surface area (Å²) in [5.74, 6) is -0.199. The Morgan fingerprint density at radius 2 is 1.80 bits per heavy atom. The predicted octanol–water partition coefficient (Wildman–Crippen LogP) is 3.12. The van der Waals surface area contributed by atoms with Crippen LogP contribution in [0.2, 0.25) is 0 Å². The van der Waals surface area contributed by atoms with E-state index in [1.807, 2.05) is 25.3 Å². The van der Waals surface area contributed by atoms with Crippen molar-refractivity contribution in [2.75, 3.05) is 0 Å². The van der Waals surface area contributed by atoms with Gasteiger partial charge in [0.1, 0.15) is 5.82 Å². The highest BCUT2D eigenvalue weighted by Gasteiger charge is 1.97. The van der Waals surface area contributed by atoms with Gasteiger partial charge in [-0.2, -0.15) is 0 Å². The molecule has 0 saturated carbocycles. The molecule has 1 aromatic carbocycles. The largest absolute Gasteiger partial charge is 0.261 e. The van der Waals surface area contributed by atoms with Crippen LogP contribution in [0.3, 0.4) is 0 Å². The van der Waals surface area contributed by atoms with E-state index in [1.165, 1.54) is 12.1 Å². The fourth-order valence-electron chi connectivity index (χ4n) is 1.41. The van der Waals surface area contributed by atoms with E-state index in [1.54, 1.807) is 12.1 Å². The van der Waals surface area contributed by atoms with Crippen LogP contribution in [0.5, 0.6) is 0 Å². The first-order valence-corrected chi connectivity index (χ1v) is 4.90. The van der Waals surface area contributed by atoms with E-state index in [-0.39, 0.29) is 5.82 Å². The number of aromatic nitrogens is 1. The third-order valence-electron chi connectivity index (χ3n) is 2.27. The second-order valence-corrected chi connectivity index (χ2v) is 3.63. The summed E-state index contributed by atoms with van der Waals surface area (Å²) >= 11 is 0. The SMILES string of the molecule is Cc1ccc(Cc2ccc(F)cc2)nc1. The van der Waals surface area contributed by atoms with Crippen molar-refractivity contribution in [1.29, 1.82) is 0 Å². The molecule has 1 nitrogen and oxygen atoms in total. The topological polar surface area (TPSA) is 12.9 Å². The van der Waals surface area contributed by atoms with Gasteiger partial charge in [0.2, 0.25) is 0 Å². The van der Waals surface area contributed by atoms with Crippen LogP contribution in [0.25, 0.3) is 0 Å². The highest BCUT2D eigenvalue weighted by atomic mass is 19.1. The number of hydrogen-bond acceptors (Lipinski definition) is 1. The van der Waals surface area contributed by atoms with Crippen molar-refractivity contribution in [2.24, 2.45) is 0 Å². The molecule has 0 atom stereocenters. The van der Waals surface area contributed by atoms with Crippen LogP contribution in [0, 0.1) is 12.7 Å². The molecule has 0 unspecified atom stereocenters. The summed E-state index contributed by atoms with van der Waals surface area (Å²) in [4.78, 5) is 4.30. The van der Waals surface area contributed by atoms with E-state index in [9.17, 15) is 4.39 Å². The Labute approximate surface area is 88.6 Å². The lowest BCUT2D eigenvalue weighted by molar-refractivity contribution is 0.627. The van der Waals surface area contributed by atoms with Crippen LogP contribution < -0.4 is 0 Å². The molecule has 2 aromatic rings. The first-order chi connectivity index (χ1) is 7.24. The van der Waals surface area contributed by atoms with E-state index < -0.39 is 0 Å². The molecule has 1 aromatic heterocycles. The van der Waals surface area contributed by atoms with Crippen molar-refractivity contribution in [2.45, 2.75) is 13.3 Å². The molecule has 0 saturated heterocycles. The Hall–Kier alpha value is -1.70. The smallest absolute Gasteiger partial charge is 0.123 e. The highest BCUT2D eigenvalue weighted by molar-refractivity contribution is 5.23. The Balaban J connectivity index is 2.15. The molecule has 0 fully saturated rings. The molecule has 2 heteroatoms. The Kier molecular flexibility index (Phi) is 2.77. The predicted molar refractivity (Wildman–Crippen MR) is 58.2 cm³/mol. The van der Waals surface area contributed by atoms with Crippen LogP contribution in [0.4, 0.5) is 4.39 Å². The molecule has 2 rings (SSSR count). The first-order valence-electron chi connectivity index (χ1n) is 4.90. The van der Waals surface area contributed by atoms with E-state index in [0.717, 1.165) is 23.2 Å². The van der Waals surface area contributed by atoms with Gasteiger partial charge in [0.15, 0.2) is 0 Å². The van der Waals surface area contributed by atoms with Crippen LogP contribution in [0.15, 0.2) is 42.6 Å². The third kappa shape index (κ3) is 2.62. The lowest BCUT2D eigenvalue weighted by atomic mass is 10.1. The normalized spacial score (nSPS) is 10.3. The van der Waals surface area contributed by atoms with Gasteiger partial charge >= 0.3 is 0 Å². The third-order valence-corrected chi connectivity index (χ3v) is 2.27. The molecule has 0 radical (unpaired) electrons. The number of halogens is 1. The van der Waals surface area contributed by atoms with Gasteiger partial charge in [-0.15, -0.1) is 0 Å². The van der Waals surface area contributed by atoms with E-state index in [0.29, 0.717) is 0 Å². The van der Waals surface area contributed by atoms with Gasteiger partial charge in [-0.1, -0.05) is 18.2 Å². The fourth-order valence-corrected chi connectivity index (χ4v) is 1.41. The monoisotopic (exact) mass is 201 g/mol. The summed E-state index contributed by atoms with van der Waals surface area (Å²) < 4.78 is 12.7. The van der Waals surface area contributed by atoms with Crippen molar-refractivity contribution in [3.05, 3.63) is 65.2 Å². The average Bonchev–Trinajstić information content (AvgIpc) is 2.25. The van der Waals surface area contributed by atoms with Gasteiger partial charge in [-0.05, 0) is 36.2 Å². The molecular formula is C13H12FN. The number of rotatable bonds is 2. The summed E-state index contributed by atoms with van der Waals surface area (Å²) in [6.45, 7) is 2.01. The van der Waals surface area contributed by atoms with E-state index >= 15 is 0 Å². The zero-order valence-electron chi connectivity index (χ0n) is 8.57. The molecular weight excluding hydrogens is 189 g/mol. The van der Waals surface area contributed by atoms with Gasteiger partial charge < -0.3 is 0 Å². The second kappa shape index (κ2) is 4.22. The number of benzene rings is 1. The average molecular weight is 201 g/mol. The zero-order valence-corrected chi connectivity index (χ0v) is 8.57. The van der Waals surface area contributed by atoms with Crippen LogP contribution >= 0.6 is 0 Å². The van der Waals surface area contributed by atoms with Crippen LogP contribution in [-0.4, -0.2) is 4.98 Å². The van der Waals surface area contributed by atoms with Gasteiger partial charge in [-0.25, -0.2) is 4.39 Å². The lowest BCUT2D eigenvalue weighted by Crippen LogP contribution is -1.92. The molecule has 0 amide bonds. The highest BCUT2D eigenvalue weighted by Crippen LogP contribution is 2.08. The van der Waals surface area contributed by atoms with Crippen molar-refractivity contribution in [3.8, 4) is 0 Å². The van der Waals surface area contributed by atoms with Crippen molar-refractivity contribution < 1.29 is 4.39 Å². The fraction of sp³-hybridized carbons (Fsp3) is 0.154. The van der Waals surface area contributed by atoms with Gasteiger partial charge in [-0.3, -0.25) is 4.98 Å². The lowest BCUT2D eigenvalue weighted by Gasteiger charge is -2.01. The summed E-state index contributed by atoms with van der Waals surface area (Å²) in [5.41, 5.74) is 3.23. The van der Waals surface area contributed by atoms with Gasteiger partial charge in [0.25, 0.3) is 0 Å². The van der Waals surface area contributed by atoms with E-state index in [4.69, 9.17) is 0 Å². The minimum Gasteiger partial charge on any atom is -0.261 e. The molecule has 76 valence electrons. The first kappa shape index (κ1) is 9.84. The Morgan fingerprint density at radius 3 is 2.40 bits per heavy atom. The van der Waals surface area contributed by atoms with Gasteiger partial charge in [0.05, 0.1) is 0 Å². The number of aryl methyl sites for hydroxylation is 1. The molecule has 0 N–H and O–H groups in total. The molecule has 15 heavy (non-hydrogen) atoms. The van der Waals surface area contributed by atoms with Crippen LogP contribution in [-0.2, 0) is 6.42 Å². The maximum atomic E-state index is 12.7. The zero-order chi connectivity index (χ0) is 10.7. The molecule has 0 bridgehead atoms. The van der Waals surface area contributed by atoms with Crippen molar-refractivity contribution in [1.82, 2.24) is 4.98 Å². The minimum absolute atomic E-state index is 0.199. The van der Waals surface area contributed by atoms with Crippen LogP contribution in [0.1, 0.15) is 16.8 Å². The summed E-state index contributed by atoms with van der Waals surface area (Å²) in [6.07, 6.45) is 2.60. The summed E-state index contributed by atoms with van der Waals surface area (Å²) in [6, 6.07) is 10.6. The molecule has 0 spiro atoms. The minimum atomic E-state index is -0.199. The Bertz CT molecular complexity index is 388. The standard InChI is InChI=1S/C13H12FN/c1-10-2-7-13(15-9-10)8-11-3-5-12(14)6-4-11/h2-7,9H,8H2,1H3. The maximum absolute atomic E-state index is 12.7. The van der Waals surface area contributed by atoms with Gasteiger partial charge in [0, 0.05) is 18.3 Å². The Morgan fingerprint density at radius 1 is 1.07 bits per heavy atom. The molecule has 0 aliphatic heterocycles. The second-order valence-electron chi connectivity index (χ2n) is 3.63. The number of hydrogen-bond donors (Lipinski definition) is 0.